The minimum absolute atomic E-state index is 0. The molecule has 4 heteroatoms. The number of nitrogens with two attached hydrogens (primary N) is 2. The van der Waals surface area contributed by atoms with E-state index in [-0.39, 0.29) is 21.4 Å². The molecular formula is C27H44N2O2. The van der Waals surface area contributed by atoms with Crippen LogP contribution in [0.4, 0.5) is 11.4 Å². The number of nitrogen functional groups attached to an aromatic ring is 2. The Bertz CT molecular complexity index is 1410. The molecule has 0 bridgehead atoms. The van der Waals surface area contributed by atoms with Crippen LogP contribution in [-0.2, 0) is 0 Å². The molecule has 0 saturated carbocycles. The summed E-state index contributed by atoms with van der Waals surface area (Å²) < 4.78 is 11.0. The van der Waals surface area contributed by atoms with Gasteiger partial charge in [-0.3, -0.25) is 0 Å². The zero-order valence-corrected chi connectivity index (χ0v) is 16.5. The van der Waals surface area contributed by atoms with Crippen LogP contribution < -0.4 is 20.9 Å². The standard InChI is InChI=1S/C27H14N2O2.15H2/c1-2-3-4-5-6-7-8-9-10-11-12-13-14-19-30-25-15-17-26(18-16-25)31-27-21-23(28)20-24(29)22-27;;;;;;;;;;;;;;;/h15-18,20-22H,28-29H2,1H3;15*1H. The average molecular weight is 429 g/mol. The van der Waals surface area contributed by atoms with Gasteiger partial charge in [0.15, 0.2) is 0 Å². The third-order valence-electron chi connectivity index (χ3n) is 3.04. The van der Waals surface area contributed by atoms with Crippen LogP contribution in [0.1, 0.15) is 28.3 Å². The normalized spacial score (nSPS) is 7.26. The van der Waals surface area contributed by atoms with Gasteiger partial charge in [0.2, 0.25) is 0 Å². The highest BCUT2D eigenvalue weighted by Crippen LogP contribution is 2.27. The van der Waals surface area contributed by atoms with E-state index in [0.717, 1.165) is 0 Å². The maximum atomic E-state index is 5.75. The fourth-order valence-corrected chi connectivity index (χ4v) is 1.90. The molecule has 2 aromatic rings. The van der Waals surface area contributed by atoms with Gasteiger partial charge in [-0.1, -0.05) is 5.92 Å². The van der Waals surface area contributed by atoms with Crippen LogP contribution in [0.15, 0.2) is 42.5 Å². The van der Waals surface area contributed by atoms with E-state index in [1.165, 1.54) is 0 Å². The number of hydrogen-bond donors (Lipinski definition) is 2. The summed E-state index contributed by atoms with van der Waals surface area (Å²) in [6.45, 7) is 1.70. The predicted molar refractivity (Wildman–Crippen MR) is 154 cm³/mol. The van der Waals surface area contributed by atoms with Crippen molar-refractivity contribution < 1.29 is 30.9 Å². The summed E-state index contributed by atoms with van der Waals surface area (Å²) in [7, 11) is 0. The van der Waals surface area contributed by atoms with Crippen molar-refractivity contribution in [3.63, 3.8) is 0 Å². The Balaban J connectivity index is -0.0000000569. The molecule has 174 valence electrons. The van der Waals surface area contributed by atoms with Gasteiger partial charge in [0.25, 0.3) is 0 Å². The van der Waals surface area contributed by atoms with Crippen LogP contribution in [0, 0.1) is 83.1 Å². The summed E-state index contributed by atoms with van der Waals surface area (Å²) in [4.78, 5) is 0. The lowest BCUT2D eigenvalue weighted by molar-refractivity contribution is 0.479. The first-order valence-corrected chi connectivity index (χ1v) is 8.70. The number of rotatable bonds is 3. The lowest BCUT2D eigenvalue weighted by Crippen LogP contribution is -1.92. The lowest BCUT2D eigenvalue weighted by atomic mass is 10.2. The van der Waals surface area contributed by atoms with E-state index in [9.17, 15) is 0 Å². The second kappa shape index (κ2) is 12.9. The maximum Gasteiger partial charge on any atom is 0.140 e. The Morgan fingerprint density at radius 3 is 1.55 bits per heavy atom. The maximum absolute atomic E-state index is 5.75. The highest BCUT2D eigenvalue weighted by molar-refractivity contribution is 5.57. The quantitative estimate of drug-likeness (QED) is 0.421. The van der Waals surface area contributed by atoms with Crippen molar-refractivity contribution in [3.05, 3.63) is 42.5 Å². The van der Waals surface area contributed by atoms with Crippen LogP contribution in [0.25, 0.3) is 0 Å². The summed E-state index contributed by atoms with van der Waals surface area (Å²) in [5, 5.41) is 0. The number of ether oxygens (including phenoxy) is 2. The van der Waals surface area contributed by atoms with Crippen molar-refractivity contribution in [2.75, 3.05) is 11.5 Å². The smallest absolute Gasteiger partial charge is 0.140 e. The van der Waals surface area contributed by atoms with Crippen molar-refractivity contribution in [2.45, 2.75) is 6.92 Å². The minimum atomic E-state index is 0. The van der Waals surface area contributed by atoms with E-state index >= 15 is 0 Å². The zero-order chi connectivity index (χ0) is 22.2. The molecule has 0 amide bonds. The second-order valence-corrected chi connectivity index (χ2v) is 5.36. The van der Waals surface area contributed by atoms with E-state index in [0.29, 0.717) is 28.6 Å². The van der Waals surface area contributed by atoms with Gasteiger partial charge in [0.05, 0.1) is 0 Å². The van der Waals surface area contributed by atoms with Crippen LogP contribution >= 0.6 is 0 Å². The van der Waals surface area contributed by atoms with Crippen LogP contribution in [0.2, 0.25) is 0 Å². The first-order valence-electron chi connectivity index (χ1n) is 8.70. The topological polar surface area (TPSA) is 70.5 Å². The fraction of sp³-hybridized carbons (Fsp3) is 0.0370. The third kappa shape index (κ3) is 9.35. The largest absolute Gasteiger partial charge is 0.457 e. The molecule has 0 aromatic heterocycles. The van der Waals surface area contributed by atoms with E-state index in [1.807, 2.05) is 0 Å². The van der Waals surface area contributed by atoms with Gasteiger partial charge in [-0.05, 0) is 72.8 Å². The predicted octanol–water partition coefficient (Wildman–Crippen LogP) is 6.71. The molecule has 0 unspecified atom stereocenters. The molecule has 4 nitrogen and oxygen atoms in total. The molecule has 0 saturated heterocycles. The van der Waals surface area contributed by atoms with E-state index in [4.69, 9.17) is 20.9 Å². The highest BCUT2D eigenvalue weighted by Gasteiger charge is 2.01. The molecule has 0 atom stereocenters. The Labute approximate surface area is 204 Å². The molecular weight excluding hydrogens is 384 g/mol. The Kier molecular flexibility index (Phi) is 9.07. The van der Waals surface area contributed by atoms with Crippen LogP contribution in [0.3, 0.4) is 0 Å². The molecule has 2 aromatic carbocycles. The van der Waals surface area contributed by atoms with Gasteiger partial charge < -0.3 is 20.9 Å². The van der Waals surface area contributed by atoms with Gasteiger partial charge >= 0.3 is 0 Å². The first kappa shape index (κ1) is 21.9. The van der Waals surface area contributed by atoms with Gasteiger partial charge in [-0.2, -0.15) is 0 Å². The monoisotopic (exact) mass is 428 g/mol. The molecule has 0 fully saturated rings. The van der Waals surface area contributed by atoms with Crippen molar-refractivity contribution in [1.82, 2.24) is 0 Å². The summed E-state index contributed by atoms with van der Waals surface area (Å²) in [6, 6.07) is 11.9. The van der Waals surface area contributed by atoms with Crippen molar-refractivity contribution >= 4 is 11.4 Å². The molecule has 0 aliphatic carbocycles. The zero-order valence-electron chi connectivity index (χ0n) is 16.5. The number of hydrogen-bond acceptors (Lipinski definition) is 4. The number of anilines is 2. The number of benzene rings is 2. The molecule has 2 rings (SSSR count). The van der Waals surface area contributed by atoms with Crippen molar-refractivity contribution in [3.8, 4) is 100 Å². The van der Waals surface area contributed by atoms with Crippen molar-refractivity contribution in [2.24, 2.45) is 0 Å². The second-order valence-electron chi connectivity index (χ2n) is 5.36. The molecule has 0 spiro atoms. The molecule has 0 radical (unpaired) electrons. The highest BCUT2D eigenvalue weighted by atomic mass is 16.5. The van der Waals surface area contributed by atoms with Crippen molar-refractivity contribution in [1.29, 1.82) is 0 Å². The Hall–Kier alpha value is -5.44. The third-order valence-corrected chi connectivity index (χ3v) is 3.04. The van der Waals surface area contributed by atoms with Gasteiger partial charge in [0.1, 0.15) is 23.4 Å². The molecule has 0 aliphatic heterocycles. The molecule has 4 N–H and O–H groups in total. The van der Waals surface area contributed by atoms with Gasteiger partial charge in [-0.25, -0.2) is 0 Å². The fourth-order valence-electron chi connectivity index (χ4n) is 1.90. The Morgan fingerprint density at radius 2 is 1.03 bits per heavy atom. The summed E-state index contributed by atoms with van der Waals surface area (Å²) in [5.74, 6) is 34.7. The molecule has 31 heavy (non-hydrogen) atoms. The first-order chi connectivity index (χ1) is 15.2. The Morgan fingerprint density at radius 1 is 0.581 bits per heavy atom. The average Bonchev–Trinajstić information content (AvgIpc) is 2.74. The van der Waals surface area contributed by atoms with Gasteiger partial charge in [-0.15, -0.1) is 0 Å². The minimum Gasteiger partial charge on any atom is -0.457 e. The summed E-state index contributed by atoms with van der Waals surface area (Å²) >= 11 is 0. The van der Waals surface area contributed by atoms with Crippen LogP contribution in [0.5, 0.6) is 17.2 Å². The van der Waals surface area contributed by atoms with E-state index in [1.54, 1.807) is 49.4 Å². The lowest BCUT2D eigenvalue weighted by Gasteiger charge is -2.07. The van der Waals surface area contributed by atoms with E-state index in [2.05, 4.69) is 83.1 Å². The summed E-state index contributed by atoms with van der Waals surface area (Å²) in [6.07, 6.45) is 2.47. The SMILES string of the molecule is CC#CC#CC#CC#CC#CC#CC#COc1ccc(Oc2cc(N)cc(N)c2)cc1.[HH].[HH].[HH].[HH].[HH].[HH].[HH].[HH].[HH].[HH].[HH].[HH].[HH].[HH].[HH]. The molecule has 0 aliphatic rings. The van der Waals surface area contributed by atoms with Crippen LogP contribution in [-0.4, -0.2) is 0 Å². The van der Waals surface area contributed by atoms with Gasteiger partial charge in [0, 0.05) is 80.4 Å². The van der Waals surface area contributed by atoms with E-state index < -0.39 is 0 Å². The summed E-state index contributed by atoms with van der Waals surface area (Å²) in [5.41, 5.74) is 12.5. The molecule has 0 heterocycles.